The molecule has 0 radical (unpaired) electrons. The molecule has 0 unspecified atom stereocenters. The molecule has 0 heterocycles. The maximum absolute atomic E-state index is 11.7. The third-order valence-corrected chi connectivity index (χ3v) is 0.989. The first-order valence-electron chi connectivity index (χ1n) is 3.11. The molecule has 1 nitrogen and oxygen atoms in total. The molecule has 0 amide bonds. The predicted molar refractivity (Wildman–Crippen MR) is 31.6 cm³/mol. The Kier molecular flexibility index (Phi) is 5.09. The van der Waals surface area contributed by atoms with Gasteiger partial charge in [0.1, 0.15) is 0 Å². The Bertz CT molecular complexity index is 245. The highest BCUT2D eigenvalue weighted by Gasteiger charge is 2.28. The first-order valence-corrected chi connectivity index (χ1v) is 3.11. The molecule has 0 aromatic rings. The molecule has 0 aliphatic heterocycles. The lowest BCUT2D eigenvalue weighted by molar-refractivity contribution is 0.0447. The summed E-state index contributed by atoms with van der Waals surface area (Å²) in [5.41, 5.74) is 0. The van der Waals surface area contributed by atoms with Gasteiger partial charge in [0.25, 0.3) is 0 Å². The molecule has 0 bridgehead atoms. The molecule has 0 spiro atoms. The van der Waals surface area contributed by atoms with Crippen LogP contribution in [0.5, 0.6) is 0 Å². The highest BCUT2D eigenvalue weighted by Crippen LogP contribution is 2.26. The minimum absolute atomic E-state index is 2.52. The van der Waals surface area contributed by atoms with Crippen molar-refractivity contribution in [2.24, 2.45) is 0 Å². The third-order valence-electron chi connectivity index (χ3n) is 0.989. The van der Waals surface area contributed by atoms with E-state index in [0.717, 1.165) is 0 Å². The SMILES string of the molecule is FC(F)=C(OC(=C(F)F)C(F)F)C(F)F. The molecule has 0 saturated carbocycles. The lowest BCUT2D eigenvalue weighted by atomic mass is 10.5. The normalized spacial score (nSPS) is 10.5. The molecule has 0 aromatic heterocycles. The van der Waals surface area contributed by atoms with Crippen LogP contribution in [0, 0.1) is 0 Å². The van der Waals surface area contributed by atoms with E-state index in [4.69, 9.17) is 0 Å². The lowest BCUT2D eigenvalue weighted by Crippen LogP contribution is -2.09. The molecule has 0 aliphatic rings. The molecular formula is C6H2F8O. The van der Waals surface area contributed by atoms with Gasteiger partial charge in [0.05, 0.1) is 0 Å². The lowest BCUT2D eigenvalue weighted by Gasteiger charge is -2.09. The average Bonchev–Trinajstić information content (AvgIpc) is 2.01. The van der Waals surface area contributed by atoms with Gasteiger partial charge in [-0.15, -0.1) is 0 Å². The van der Waals surface area contributed by atoms with Crippen LogP contribution in [0.2, 0.25) is 0 Å². The fraction of sp³-hybridized carbons (Fsp3) is 0.333. The molecule has 0 rings (SSSR count). The van der Waals surface area contributed by atoms with Crippen LogP contribution < -0.4 is 0 Å². The molecular weight excluding hydrogens is 240 g/mol. The quantitative estimate of drug-likeness (QED) is 0.538. The van der Waals surface area contributed by atoms with E-state index in [-0.39, 0.29) is 0 Å². The van der Waals surface area contributed by atoms with Gasteiger partial charge < -0.3 is 4.74 Å². The van der Waals surface area contributed by atoms with Gasteiger partial charge in [0.2, 0.25) is 11.5 Å². The molecule has 0 aromatic carbocycles. The van der Waals surface area contributed by atoms with Crippen LogP contribution in [0.25, 0.3) is 0 Å². The molecule has 0 atom stereocenters. The van der Waals surface area contributed by atoms with Crippen molar-refractivity contribution in [2.75, 3.05) is 0 Å². The van der Waals surface area contributed by atoms with E-state index in [9.17, 15) is 35.1 Å². The Balaban J connectivity index is 4.99. The molecule has 0 N–H and O–H groups in total. The molecule has 88 valence electrons. The zero-order chi connectivity index (χ0) is 12.2. The fourth-order valence-electron chi connectivity index (χ4n) is 0.450. The van der Waals surface area contributed by atoms with Crippen molar-refractivity contribution in [3.63, 3.8) is 0 Å². The number of rotatable bonds is 4. The number of allylic oxidation sites excluding steroid dienone is 2. The van der Waals surface area contributed by atoms with Crippen molar-refractivity contribution in [2.45, 2.75) is 12.9 Å². The summed E-state index contributed by atoms with van der Waals surface area (Å²) in [7, 11) is 0. The summed E-state index contributed by atoms with van der Waals surface area (Å²) in [5.74, 6) is -5.03. The zero-order valence-corrected chi connectivity index (χ0v) is 6.59. The van der Waals surface area contributed by atoms with Gasteiger partial charge in [-0.3, -0.25) is 0 Å². The maximum atomic E-state index is 11.7. The van der Waals surface area contributed by atoms with Crippen LogP contribution in [0.4, 0.5) is 35.1 Å². The smallest absolute Gasteiger partial charge is 0.314 e. The van der Waals surface area contributed by atoms with Gasteiger partial charge in [0, 0.05) is 0 Å². The number of hydrogen-bond acceptors (Lipinski definition) is 1. The summed E-state index contributed by atoms with van der Waals surface area (Å²) < 4.78 is 96.1. The standard InChI is InChI=1S/C6H2F8O/c7-3(8)1(4(9)10)15-2(5(11)12)6(13)14/h3,5H. The van der Waals surface area contributed by atoms with Crippen LogP contribution in [0.3, 0.4) is 0 Å². The highest BCUT2D eigenvalue weighted by molar-refractivity contribution is 5.06. The Morgan fingerprint density at radius 1 is 0.667 bits per heavy atom. The summed E-state index contributed by atoms with van der Waals surface area (Å²) in [6.45, 7) is 0. The molecule has 0 saturated heterocycles. The van der Waals surface area contributed by atoms with Crippen LogP contribution >= 0.6 is 0 Å². The number of ether oxygens (including phenoxy) is 1. The average molecular weight is 242 g/mol. The van der Waals surface area contributed by atoms with Crippen LogP contribution in [0.15, 0.2) is 23.7 Å². The fourth-order valence-corrected chi connectivity index (χ4v) is 0.450. The van der Waals surface area contributed by atoms with E-state index >= 15 is 0 Å². The van der Waals surface area contributed by atoms with E-state index in [2.05, 4.69) is 4.74 Å². The number of halogens is 8. The van der Waals surface area contributed by atoms with Crippen molar-refractivity contribution in [3.8, 4) is 0 Å². The maximum Gasteiger partial charge on any atom is 0.314 e. The van der Waals surface area contributed by atoms with Crippen molar-refractivity contribution < 1.29 is 39.9 Å². The van der Waals surface area contributed by atoms with Gasteiger partial charge >= 0.3 is 25.0 Å². The number of hydrogen-bond donors (Lipinski definition) is 0. The zero-order valence-electron chi connectivity index (χ0n) is 6.59. The van der Waals surface area contributed by atoms with E-state index in [0.29, 0.717) is 0 Å². The molecule has 9 heteroatoms. The summed E-state index contributed by atoms with van der Waals surface area (Å²) >= 11 is 0. The number of alkyl halides is 4. The van der Waals surface area contributed by atoms with Crippen molar-refractivity contribution in [3.05, 3.63) is 23.7 Å². The van der Waals surface area contributed by atoms with Crippen LogP contribution in [0.1, 0.15) is 0 Å². The minimum Gasteiger partial charge on any atom is -0.443 e. The van der Waals surface area contributed by atoms with Crippen molar-refractivity contribution in [1.29, 1.82) is 0 Å². The van der Waals surface area contributed by atoms with E-state index in [1.165, 1.54) is 0 Å². The predicted octanol–water partition coefficient (Wildman–Crippen LogP) is 3.75. The monoisotopic (exact) mass is 242 g/mol. The Labute approximate surface area is 77.6 Å². The Morgan fingerprint density at radius 2 is 0.933 bits per heavy atom. The third kappa shape index (κ3) is 4.17. The molecule has 0 fully saturated rings. The van der Waals surface area contributed by atoms with E-state index in [1.807, 2.05) is 0 Å². The minimum atomic E-state index is -3.97. The second kappa shape index (κ2) is 5.56. The van der Waals surface area contributed by atoms with E-state index in [1.54, 1.807) is 0 Å². The van der Waals surface area contributed by atoms with Crippen LogP contribution in [-0.2, 0) is 4.74 Å². The second-order valence-corrected chi connectivity index (χ2v) is 1.95. The van der Waals surface area contributed by atoms with Crippen molar-refractivity contribution >= 4 is 0 Å². The Morgan fingerprint density at radius 3 is 1.07 bits per heavy atom. The second-order valence-electron chi connectivity index (χ2n) is 1.95. The van der Waals surface area contributed by atoms with Gasteiger partial charge in [-0.2, -0.15) is 17.6 Å². The van der Waals surface area contributed by atoms with Gasteiger partial charge in [-0.1, -0.05) is 0 Å². The van der Waals surface area contributed by atoms with Crippen molar-refractivity contribution in [1.82, 2.24) is 0 Å². The molecule has 0 aliphatic carbocycles. The summed E-state index contributed by atoms with van der Waals surface area (Å²) in [6.07, 6.45) is -14.2. The largest absolute Gasteiger partial charge is 0.443 e. The van der Waals surface area contributed by atoms with E-state index < -0.39 is 36.5 Å². The van der Waals surface area contributed by atoms with Gasteiger partial charge in [-0.05, 0) is 0 Å². The first-order chi connectivity index (χ1) is 6.77. The van der Waals surface area contributed by atoms with Crippen LogP contribution in [-0.4, -0.2) is 12.9 Å². The summed E-state index contributed by atoms with van der Waals surface area (Å²) in [6, 6.07) is 0. The first kappa shape index (κ1) is 13.7. The summed E-state index contributed by atoms with van der Waals surface area (Å²) in [5, 5.41) is 0. The van der Waals surface area contributed by atoms with Gasteiger partial charge in [-0.25, -0.2) is 17.6 Å². The molecule has 15 heavy (non-hydrogen) atoms. The Hall–Kier alpha value is -1.28. The van der Waals surface area contributed by atoms with Gasteiger partial charge in [0.15, 0.2) is 0 Å². The summed E-state index contributed by atoms with van der Waals surface area (Å²) in [4.78, 5) is 0. The topological polar surface area (TPSA) is 9.23 Å². The highest BCUT2D eigenvalue weighted by atomic mass is 19.3.